The Hall–Kier alpha value is -3.61. The van der Waals surface area contributed by atoms with Crippen molar-refractivity contribution in [3.05, 3.63) is 60.4 Å². The van der Waals surface area contributed by atoms with E-state index in [2.05, 4.69) is 39.4 Å². The van der Waals surface area contributed by atoms with Gasteiger partial charge in [-0.1, -0.05) is 23.8 Å². The molecule has 136 valence electrons. The van der Waals surface area contributed by atoms with Gasteiger partial charge in [0.1, 0.15) is 5.82 Å². The number of aryl methyl sites for hydroxylation is 1. The van der Waals surface area contributed by atoms with Gasteiger partial charge in [0.2, 0.25) is 0 Å². The molecule has 0 amide bonds. The van der Waals surface area contributed by atoms with Crippen molar-refractivity contribution >= 4 is 17.2 Å². The molecule has 0 fully saturated rings. The van der Waals surface area contributed by atoms with Gasteiger partial charge in [0.05, 0.1) is 25.6 Å². The summed E-state index contributed by atoms with van der Waals surface area (Å²) >= 11 is 0. The summed E-state index contributed by atoms with van der Waals surface area (Å²) in [6.45, 7) is 2.06. The van der Waals surface area contributed by atoms with Gasteiger partial charge in [-0.3, -0.25) is 0 Å². The number of hydrogen-bond acceptors (Lipinski definition) is 6. The van der Waals surface area contributed by atoms with E-state index in [9.17, 15) is 0 Å². The maximum Gasteiger partial charge on any atom is 0.258 e. The number of ether oxygens (including phenoxy) is 2. The van der Waals surface area contributed by atoms with Crippen LogP contribution in [0.2, 0.25) is 0 Å². The molecule has 0 unspecified atom stereocenters. The third-order valence-electron chi connectivity index (χ3n) is 4.17. The van der Waals surface area contributed by atoms with Crippen LogP contribution in [0.4, 0.5) is 11.5 Å². The van der Waals surface area contributed by atoms with Crippen molar-refractivity contribution in [1.82, 2.24) is 19.6 Å². The van der Waals surface area contributed by atoms with E-state index in [1.54, 1.807) is 31.0 Å². The van der Waals surface area contributed by atoms with Crippen molar-refractivity contribution in [2.24, 2.45) is 0 Å². The lowest BCUT2D eigenvalue weighted by molar-refractivity contribution is 0.343. The summed E-state index contributed by atoms with van der Waals surface area (Å²) in [7, 11) is 3.14. The topological polar surface area (TPSA) is 73.6 Å². The van der Waals surface area contributed by atoms with E-state index in [1.807, 2.05) is 30.5 Å². The van der Waals surface area contributed by atoms with Crippen molar-refractivity contribution in [3.63, 3.8) is 0 Å². The first-order valence-corrected chi connectivity index (χ1v) is 8.45. The third-order valence-corrected chi connectivity index (χ3v) is 4.17. The van der Waals surface area contributed by atoms with E-state index in [1.165, 1.54) is 5.56 Å². The van der Waals surface area contributed by atoms with Crippen molar-refractivity contribution in [2.75, 3.05) is 19.5 Å². The number of rotatable bonds is 5. The number of methoxy groups -OCH3 is 2. The molecule has 0 spiro atoms. The fourth-order valence-corrected chi connectivity index (χ4v) is 2.89. The summed E-state index contributed by atoms with van der Waals surface area (Å²) in [6, 6.07) is 13.8. The zero-order valence-corrected chi connectivity index (χ0v) is 15.3. The van der Waals surface area contributed by atoms with Crippen molar-refractivity contribution in [1.29, 1.82) is 0 Å². The molecule has 7 heteroatoms. The second-order valence-electron chi connectivity index (χ2n) is 6.04. The van der Waals surface area contributed by atoms with Crippen molar-refractivity contribution in [2.45, 2.75) is 6.92 Å². The molecule has 1 aromatic carbocycles. The fraction of sp³-hybridized carbons (Fsp3) is 0.150. The summed E-state index contributed by atoms with van der Waals surface area (Å²) in [5.41, 5.74) is 4.56. The minimum absolute atomic E-state index is 0.412. The van der Waals surface area contributed by atoms with Crippen LogP contribution in [0.1, 0.15) is 5.56 Å². The number of hydrogen-bond donors (Lipinski definition) is 1. The molecule has 0 saturated carbocycles. The van der Waals surface area contributed by atoms with Gasteiger partial charge in [-0.2, -0.15) is 10.1 Å². The number of nitrogens with zero attached hydrogens (tertiary/aromatic N) is 4. The average molecular weight is 361 g/mol. The smallest absolute Gasteiger partial charge is 0.258 e. The van der Waals surface area contributed by atoms with Gasteiger partial charge in [0.15, 0.2) is 11.4 Å². The third kappa shape index (κ3) is 3.27. The number of fused-ring (bicyclic) bond motifs is 1. The highest BCUT2D eigenvalue weighted by molar-refractivity contribution is 5.77. The summed E-state index contributed by atoms with van der Waals surface area (Å²) in [5, 5.41) is 7.97. The molecule has 3 aromatic heterocycles. The SMILES string of the molecule is COc1ccc(Nc2cc(-c3cccc(C)c3)nn3ccnc23)nc1OC. The van der Waals surface area contributed by atoms with Gasteiger partial charge in [-0.15, -0.1) is 0 Å². The highest BCUT2D eigenvalue weighted by atomic mass is 16.5. The van der Waals surface area contributed by atoms with Crippen LogP contribution in [-0.4, -0.2) is 33.8 Å². The van der Waals surface area contributed by atoms with Crippen LogP contribution < -0.4 is 14.8 Å². The minimum atomic E-state index is 0.412. The Bertz CT molecular complexity index is 1110. The number of aromatic nitrogens is 4. The van der Waals surface area contributed by atoms with E-state index >= 15 is 0 Å². The first kappa shape index (κ1) is 16.8. The molecule has 0 radical (unpaired) electrons. The van der Waals surface area contributed by atoms with Crippen LogP contribution in [0, 0.1) is 6.92 Å². The molecule has 0 atom stereocenters. The Morgan fingerprint density at radius 1 is 1.04 bits per heavy atom. The van der Waals surface area contributed by atoms with E-state index in [-0.39, 0.29) is 0 Å². The van der Waals surface area contributed by atoms with Gasteiger partial charge >= 0.3 is 0 Å². The zero-order chi connectivity index (χ0) is 18.8. The molecule has 0 saturated heterocycles. The first-order valence-electron chi connectivity index (χ1n) is 8.45. The summed E-state index contributed by atoms with van der Waals surface area (Å²) in [5.74, 6) is 1.61. The second kappa shape index (κ2) is 6.95. The van der Waals surface area contributed by atoms with Crippen LogP contribution in [-0.2, 0) is 0 Å². The van der Waals surface area contributed by atoms with Crippen molar-refractivity contribution < 1.29 is 9.47 Å². The van der Waals surface area contributed by atoms with E-state index < -0.39 is 0 Å². The lowest BCUT2D eigenvalue weighted by Crippen LogP contribution is -2.02. The van der Waals surface area contributed by atoms with Crippen LogP contribution in [0.5, 0.6) is 11.6 Å². The number of pyridine rings is 1. The zero-order valence-electron chi connectivity index (χ0n) is 15.3. The molecule has 1 N–H and O–H groups in total. The Morgan fingerprint density at radius 3 is 2.70 bits per heavy atom. The molecule has 0 aliphatic rings. The van der Waals surface area contributed by atoms with Crippen molar-refractivity contribution in [3.8, 4) is 22.9 Å². The predicted octanol–water partition coefficient (Wildman–Crippen LogP) is 3.86. The molecular weight excluding hydrogens is 342 g/mol. The largest absolute Gasteiger partial charge is 0.491 e. The molecular formula is C20H19N5O2. The maximum absolute atomic E-state index is 5.28. The lowest BCUT2D eigenvalue weighted by Gasteiger charge is -2.12. The monoisotopic (exact) mass is 361 g/mol. The number of nitrogens with one attached hydrogen (secondary N) is 1. The van der Waals surface area contributed by atoms with Gasteiger partial charge < -0.3 is 14.8 Å². The van der Waals surface area contributed by atoms with Gasteiger partial charge in [0, 0.05) is 18.0 Å². The Kier molecular flexibility index (Phi) is 4.33. The highest BCUT2D eigenvalue weighted by Crippen LogP contribution is 2.29. The van der Waals surface area contributed by atoms with E-state index in [0.717, 1.165) is 16.9 Å². The molecule has 4 aromatic rings. The Morgan fingerprint density at radius 2 is 1.93 bits per heavy atom. The molecule has 0 aliphatic heterocycles. The van der Waals surface area contributed by atoms with Crippen LogP contribution >= 0.6 is 0 Å². The fourth-order valence-electron chi connectivity index (χ4n) is 2.89. The predicted molar refractivity (Wildman–Crippen MR) is 104 cm³/mol. The normalized spacial score (nSPS) is 10.8. The van der Waals surface area contributed by atoms with Crippen LogP contribution in [0.15, 0.2) is 54.9 Å². The molecule has 3 heterocycles. The summed E-state index contributed by atoms with van der Waals surface area (Å²) in [6.07, 6.45) is 3.54. The molecule has 27 heavy (non-hydrogen) atoms. The molecule has 4 rings (SSSR count). The number of imidazole rings is 1. The molecule has 0 bridgehead atoms. The lowest BCUT2D eigenvalue weighted by atomic mass is 10.1. The van der Waals surface area contributed by atoms with Gasteiger partial charge in [-0.05, 0) is 31.2 Å². The van der Waals surface area contributed by atoms with E-state index in [0.29, 0.717) is 23.1 Å². The first-order chi connectivity index (χ1) is 13.2. The summed E-state index contributed by atoms with van der Waals surface area (Å²) < 4.78 is 12.3. The number of benzene rings is 1. The van der Waals surface area contributed by atoms with Crippen LogP contribution in [0.3, 0.4) is 0 Å². The van der Waals surface area contributed by atoms with Crippen LogP contribution in [0.25, 0.3) is 16.9 Å². The molecule has 0 aliphatic carbocycles. The Labute approximate surface area is 156 Å². The highest BCUT2D eigenvalue weighted by Gasteiger charge is 2.12. The maximum atomic E-state index is 5.28. The quantitative estimate of drug-likeness (QED) is 0.582. The second-order valence-corrected chi connectivity index (χ2v) is 6.04. The number of anilines is 2. The van der Waals surface area contributed by atoms with E-state index in [4.69, 9.17) is 9.47 Å². The minimum Gasteiger partial charge on any atom is -0.491 e. The average Bonchev–Trinajstić information content (AvgIpc) is 3.17. The van der Waals surface area contributed by atoms with Gasteiger partial charge in [0.25, 0.3) is 5.88 Å². The molecule has 7 nitrogen and oxygen atoms in total. The summed E-state index contributed by atoms with van der Waals surface area (Å²) in [4.78, 5) is 8.85. The van der Waals surface area contributed by atoms with Gasteiger partial charge in [-0.25, -0.2) is 9.50 Å². The standard InChI is InChI=1S/C20H19N5O2/c1-13-5-4-6-14(11-13)15-12-16(19-21-9-10-25(19)24-15)22-18-8-7-17(26-2)20(23-18)27-3/h4-12H,1-3H3,(H,22,23). The Balaban J connectivity index is 1.78.